The van der Waals surface area contributed by atoms with E-state index >= 15 is 0 Å². The molecular formula is C16H22N4O3S. The van der Waals surface area contributed by atoms with Gasteiger partial charge in [-0.3, -0.25) is 4.68 Å². The van der Waals surface area contributed by atoms with Gasteiger partial charge in [0.05, 0.1) is 19.0 Å². The second-order valence-electron chi connectivity index (χ2n) is 5.81. The number of anilines is 1. The number of benzene rings is 1. The number of hydrogen-bond donors (Lipinski definition) is 0. The van der Waals surface area contributed by atoms with Gasteiger partial charge in [-0.2, -0.15) is 9.40 Å². The third-order valence-electron chi connectivity index (χ3n) is 4.47. The van der Waals surface area contributed by atoms with Crippen LogP contribution < -0.4 is 9.64 Å². The average molecular weight is 350 g/mol. The normalized spacial score (nSPS) is 16.4. The molecule has 0 aliphatic carbocycles. The second-order valence-corrected chi connectivity index (χ2v) is 7.72. The zero-order valence-electron chi connectivity index (χ0n) is 14.1. The van der Waals surface area contributed by atoms with Crippen molar-refractivity contribution >= 4 is 15.7 Å². The van der Waals surface area contributed by atoms with Crippen molar-refractivity contribution in [2.24, 2.45) is 7.05 Å². The Morgan fingerprint density at radius 1 is 1.17 bits per heavy atom. The fourth-order valence-electron chi connectivity index (χ4n) is 2.86. The molecule has 1 fully saturated rings. The Morgan fingerprint density at radius 3 is 2.46 bits per heavy atom. The topological polar surface area (TPSA) is 67.7 Å². The fraction of sp³-hybridized carbons (Fsp3) is 0.438. The van der Waals surface area contributed by atoms with Gasteiger partial charge in [0, 0.05) is 45.0 Å². The van der Waals surface area contributed by atoms with E-state index in [0.29, 0.717) is 36.8 Å². The van der Waals surface area contributed by atoms with E-state index in [-0.39, 0.29) is 0 Å². The Hall–Kier alpha value is -2.06. The number of nitrogens with zero attached hydrogens (tertiary/aromatic N) is 4. The quantitative estimate of drug-likeness (QED) is 0.830. The summed E-state index contributed by atoms with van der Waals surface area (Å²) in [7, 11) is -0.108. The van der Waals surface area contributed by atoms with Crippen molar-refractivity contribution in [1.82, 2.24) is 14.1 Å². The first-order chi connectivity index (χ1) is 11.4. The van der Waals surface area contributed by atoms with Crippen molar-refractivity contribution in [2.45, 2.75) is 11.8 Å². The van der Waals surface area contributed by atoms with Crippen LogP contribution in [0.15, 0.2) is 35.4 Å². The predicted molar refractivity (Wildman–Crippen MR) is 91.9 cm³/mol. The highest BCUT2D eigenvalue weighted by Gasteiger charge is 2.31. The van der Waals surface area contributed by atoms with Crippen LogP contribution in [0.1, 0.15) is 5.69 Å². The first-order valence-corrected chi connectivity index (χ1v) is 9.25. The monoisotopic (exact) mass is 350 g/mol. The molecule has 3 rings (SSSR count). The van der Waals surface area contributed by atoms with E-state index in [1.807, 2.05) is 24.3 Å². The standard InChI is InChI=1S/C16H22N4O3S/c1-13-16(12-17-18(13)2)24(21,22)20-9-7-19(8-10-20)14-5-4-6-15(11-14)23-3/h4-6,11-12H,7-10H2,1-3H3. The average Bonchev–Trinajstić information content (AvgIpc) is 2.95. The number of ether oxygens (including phenoxy) is 1. The number of aromatic nitrogens is 2. The third kappa shape index (κ3) is 2.99. The molecule has 0 saturated carbocycles. The van der Waals surface area contributed by atoms with Crippen LogP contribution in [-0.2, 0) is 17.1 Å². The van der Waals surface area contributed by atoms with Gasteiger partial charge < -0.3 is 9.64 Å². The zero-order valence-corrected chi connectivity index (χ0v) is 15.0. The van der Waals surface area contributed by atoms with Crippen molar-refractivity contribution in [3.8, 4) is 5.75 Å². The lowest BCUT2D eigenvalue weighted by Gasteiger charge is -2.35. The summed E-state index contributed by atoms with van der Waals surface area (Å²) in [6, 6.07) is 7.82. The molecule has 0 spiro atoms. The SMILES string of the molecule is COc1cccc(N2CCN(S(=O)(=O)c3cnn(C)c3C)CC2)c1. The van der Waals surface area contributed by atoms with Crippen LogP contribution in [-0.4, -0.2) is 55.8 Å². The first kappa shape index (κ1) is 16.8. The van der Waals surface area contributed by atoms with E-state index in [2.05, 4.69) is 10.00 Å². The minimum absolute atomic E-state index is 0.292. The second kappa shape index (κ2) is 6.45. The molecule has 0 radical (unpaired) electrons. The molecule has 0 bridgehead atoms. The largest absolute Gasteiger partial charge is 0.497 e. The fourth-order valence-corrected chi connectivity index (χ4v) is 4.47. The summed E-state index contributed by atoms with van der Waals surface area (Å²) in [6.07, 6.45) is 1.43. The molecule has 1 saturated heterocycles. The number of methoxy groups -OCH3 is 1. The minimum Gasteiger partial charge on any atom is -0.497 e. The molecule has 2 aromatic rings. The smallest absolute Gasteiger partial charge is 0.246 e. The van der Waals surface area contributed by atoms with E-state index in [9.17, 15) is 8.42 Å². The molecule has 0 atom stereocenters. The van der Waals surface area contributed by atoms with Crippen LogP contribution in [0.2, 0.25) is 0 Å². The molecule has 1 aliphatic rings. The van der Waals surface area contributed by atoms with E-state index < -0.39 is 10.0 Å². The molecule has 130 valence electrons. The zero-order chi connectivity index (χ0) is 17.3. The molecule has 0 N–H and O–H groups in total. The molecule has 1 aromatic carbocycles. The Balaban J connectivity index is 1.74. The van der Waals surface area contributed by atoms with Crippen molar-refractivity contribution in [3.05, 3.63) is 36.2 Å². The molecule has 7 nitrogen and oxygen atoms in total. The first-order valence-electron chi connectivity index (χ1n) is 7.81. The van der Waals surface area contributed by atoms with Crippen molar-refractivity contribution in [2.75, 3.05) is 38.2 Å². The van der Waals surface area contributed by atoms with E-state index in [4.69, 9.17) is 4.74 Å². The highest BCUT2D eigenvalue weighted by atomic mass is 32.2. The number of sulfonamides is 1. The molecule has 2 heterocycles. The van der Waals surface area contributed by atoms with Crippen LogP contribution in [0.3, 0.4) is 0 Å². The molecule has 0 amide bonds. The van der Waals surface area contributed by atoms with Crippen molar-refractivity contribution in [1.29, 1.82) is 0 Å². The lowest BCUT2D eigenvalue weighted by molar-refractivity contribution is 0.383. The van der Waals surface area contributed by atoms with Gasteiger partial charge in [0.2, 0.25) is 10.0 Å². The van der Waals surface area contributed by atoms with Crippen LogP contribution in [0.4, 0.5) is 5.69 Å². The Morgan fingerprint density at radius 2 is 1.88 bits per heavy atom. The molecule has 0 unspecified atom stereocenters. The maximum Gasteiger partial charge on any atom is 0.246 e. The Labute approximate surface area is 142 Å². The van der Waals surface area contributed by atoms with Gasteiger partial charge in [0.1, 0.15) is 10.6 Å². The van der Waals surface area contributed by atoms with Gasteiger partial charge in [-0.15, -0.1) is 0 Å². The minimum atomic E-state index is -3.49. The Kier molecular flexibility index (Phi) is 4.51. The lowest BCUT2D eigenvalue weighted by Crippen LogP contribution is -2.48. The molecule has 1 aliphatic heterocycles. The maximum atomic E-state index is 12.8. The maximum absolute atomic E-state index is 12.8. The molecule has 1 aromatic heterocycles. The molecule has 24 heavy (non-hydrogen) atoms. The number of rotatable bonds is 4. The van der Waals surface area contributed by atoms with Crippen LogP contribution in [0.25, 0.3) is 0 Å². The Bertz CT molecular complexity index is 824. The summed E-state index contributed by atoms with van der Waals surface area (Å²) in [4.78, 5) is 2.46. The van der Waals surface area contributed by atoms with Gasteiger partial charge in [-0.05, 0) is 19.1 Å². The van der Waals surface area contributed by atoms with Crippen LogP contribution in [0, 0.1) is 6.92 Å². The van der Waals surface area contributed by atoms with Crippen molar-refractivity contribution in [3.63, 3.8) is 0 Å². The summed E-state index contributed by atoms with van der Waals surface area (Å²) in [5.74, 6) is 0.800. The van der Waals surface area contributed by atoms with Gasteiger partial charge in [0.25, 0.3) is 0 Å². The summed E-state index contributed by atoms with van der Waals surface area (Å²) in [5.41, 5.74) is 1.70. The van der Waals surface area contributed by atoms with Gasteiger partial charge in [-0.1, -0.05) is 6.07 Å². The summed E-state index contributed by atoms with van der Waals surface area (Å²) in [5, 5.41) is 4.05. The third-order valence-corrected chi connectivity index (χ3v) is 6.47. The van der Waals surface area contributed by atoms with Crippen LogP contribution in [0.5, 0.6) is 5.75 Å². The summed E-state index contributed by atoms with van der Waals surface area (Å²) in [6.45, 7) is 3.96. The van der Waals surface area contributed by atoms with Crippen LogP contribution >= 0.6 is 0 Å². The van der Waals surface area contributed by atoms with E-state index in [1.54, 1.807) is 25.8 Å². The van der Waals surface area contributed by atoms with Gasteiger partial charge in [0.15, 0.2) is 0 Å². The lowest BCUT2D eigenvalue weighted by atomic mass is 10.2. The van der Waals surface area contributed by atoms with Gasteiger partial charge in [-0.25, -0.2) is 8.42 Å². The van der Waals surface area contributed by atoms with Gasteiger partial charge >= 0.3 is 0 Å². The summed E-state index contributed by atoms with van der Waals surface area (Å²) < 4.78 is 34.0. The molecular weight excluding hydrogens is 328 g/mol. The number of piperazine rings is 1. The predicted octanol–water partition coefficient (Wildman–Crippen LogP) is 1.25. The van der Waals surface area contributed by atoms with Crippen molar-refractivity contribution < 1.29 is 13.2 Å². The number of hydrogen-bond acceptors (Lipinski definition) is 5. The molecule has 8 heteroatoms. The van der Waals surface area contributed by atoms with E-state index in [0.717, 1.165) is 11.4 Å². The number of aryl methyl sites for hydroxylation is 1. The highest BCUT2D eigenvalue weighted by Crippen LogP contribution is 2.25. The summed E-state index contributed by atoms with van der Waals surface area (Å²) >= 11 is 0. The van der Waals surface area contributed by atoms with E-state index in [1.165, 1.54) is 10.5 Å². The highest BCUT2D eigenvalue weighted by molar-refractivity contribution is 7.89.